The molecule has 1 amide bonds. The van der Waals surface area contributed by atoms with Crippen molar-refractivity contribution >= 4 is 28.4 Å². The fourth-order valence-corrected chi connectivity index (χ4v) is 4.35. The summed E-state index contributed by atoms with van der Waals surface area (Å²) >= 11 is 0. The summed E-state index contributed by atoms with van der Waals surface area (Å²) < 4.78 is 29.2. The smallest absolute Gasteiger partial charge is 0.303 e. The van der Waals surface area contributed by atoms with E-state index in [1.54, 1.807) is 12.3 Å². The van der Waals surface area contributed by atoms with Crippen molar-refractivity contribution in [3.63, 3.8) is 0 Å². The number of hydrogen-bond acceptors (Lipinski definition) is 7. The number of rotatable bonds is 4. The monoisotopic (exact) mass is 428 g/mol. The summed E-state index contributed by atoms with van der Waals surface area (Å²) in [6.07, 6.45) is 4.06. The molecule has 2 N–H and O–H groups in total. The van der Waals surface area contributed by atoms with Crippen molar-refractivity contribution in [2.24, 2.45) is 5.92 Å². The third-order valence-electron chi connectivity index (χ3n) is 5.76. The molecular weight excluding hydrogens is 406 g/mol. The number of nitrogens with zero attached hydrogens (tertiary/aromatic N) is 6. The van der Waals surface area contributed by atoms with Crippen LogP contribution in [0.3, 0.4) is 0 Å². The lowest BCUT2D eigenvalue weighted by Crippen LogP contribution is -2.30. The molecular formula is C20H22F2N8O. The summed E-state index contributed by atoms with van der Waals surface area (Å²) in [7, 11) is 0. The Kier molecular flexibility index (Phi) is 4.58. The molecule has 2 fully saturated rings. The van der Waals surface area contributed by atoms with Crippen molar-refractivity contribution in [3.05, 3.63) is 30.4 Å². The molecule has 3 aromatic heterocycles. The van der Waals surface area contributed by atoms with Gasteiger partial charge in [-0.15, -0.1) is 5.10 Å². The molecule has 0 aliphatic carbocycles. The molecule has 2 atom stereocenters. The number of aromatic nitrogens is 5. The number of amides is 1. The van der Waals surface area contributed by atoms with Crippen LogP contribution in [-0.4, -0.2) is 56.3 Å². The number of nitrogens with one attached hydrogen (secondary N) is 2. The van der Waals surface area contributed by atoms with Crippen LogP contribution in [0.2, 0.25) is 0 Å². The van der Waals surface area contributed by atoms with Crippen LogP contribution in [0.25, 0.3) is 16.7 Å². The summed E-state index contributed by atoms with van der Waals surface area (Å²) in [6, 6.07) is 3.62. The summed E-state index contributed by atoms with van der Waals surface area (Å²) in [5, 5.41) is 11.7. The molecule has 0 bridgehead atoms. The Morgan fingerprint density at radius 2 is 2.16 bits per heavy atom. The third-order valence-corrected chi connectivity index (χ3v) is 5.76. The van der Waals surface area contributed by atoms with Gasteiger partial charge in [-0.25, -0.2) is 19.6 Å². The average molecular weight is 428 g/mol. The largest absolute Gasteiger partial charge is 0.353 e. The minimum Gasteiger partial charge on any atom is -0.353 e. The van der Waals surface area contributed by atoms with Gasteiger partial charge in [-0.1, -0.05) is 0 Å². The van der Waals surface area contributed by atoms with Crippen molar-refractivity contribution in [1.82, 2.24) is 30.0 Å². The van der Waals surface area contributed by atoms with Gasteiger partial charge in [0.2, 0.25) is 11.7 Å². The van der Waals surface area contributed by atoms with Gasteiger partial charge in [-0.3, -0.25) is 4.79 Å². The Morgan fingerprint density at radius 1 is 1.32 bits per heavy atom. The first-order valence-corrected chi connectivity index (χ1v) is 10.2. The minimum absolute atomic E-state index is 0.222. The topological polar surface area (TPSA) is 101 Å². The molecule has 0 spiro atoms. The van der Waals surface area contributed by atoms with Gasteiger partial charge in [0.05, 0.1) is 10.9 Å². The molecule has 0 saturated carbocycles. The maximum atomic E-state index is 13.8. The molecule has 2 saturated heterocycles. The zero-order chi connectivity index (χ0) is 21.8. The van der Waals surface area contributed by atoms with Gasteiger partial charge < -0.3 is 15.5 Å². The van der Waals surface area contributed by atoms with E-state index in [0.717, 1.165) is 44.2 Å². The molecule has 0 radical (unpaired) electrons. The van der Waals surface area contributed by atoms with Crippen LogP contribution in [-0.2, 0) is 10.7 Å². The second-order valence-corrected chi connectivity index (χ2v) is 8.14. The lowest BCUT2D eigenvalue weighted by atomic mass is 10.1. The first-order valence-electron chi connectivity index (χ1n) is 10.2. The summed E-state index contributed by atoms with van der Waals surface area (Å²) in [4.78, 5) is 25.8. The van der Waals surface area contributed by atoms with E-state index < -0.39 is 11.7 Å². The predicted octanol–water partition coefficient (Wildman–Crippen LogP) is 2.08. The number of carbonyl (C=O) groups is 1. The highest BCUT2D eigenvalue weighted by Gasteiger charge is 2.38. The van der Waals surface area contributed by atoms with Crippen LogP contribution >= 0.6 is 0 Å². The summed E-state index contributed by atoms with van der Waals surface area (Å²) in [6.45, 7) is 4.85. The molecule has 162 valence electrons. The standard InChI is InChI=1S/C20H22F2N8O/c1-11(31)26-16-7-15-13(8-25-16)18(29-9-12-3-5-23-14(12)10-29)28-30(15)17-4-6-24-19(27-17)20(2,21)22/h4,6-8,12,14,23H,3,5,9-10H2,1-2H3,(H,25,26,31). The van der Waals surface area contributed by atoms with E-state index in [-0.39, 0.29) is 11.7 Å². The van der Waals surface area contributed by atoms with Crippen LogP contribution in [0.4, 0.5) is 20.4 Å². The van der Waals surface area contributed by atoms with Crippen LogP contribution in [0.1, 0.15) is 26.1 Å². The summed E-state index contributed by atoms with van der Waals surface area (Å²) in [5.74, 6) is -2.17. The Balaban J connectivity index is 1.63. The molecule has 9 nitrogen and oxygen atoms in total. The van der Waals surface area contributed by atoms with Gasteiger partial charge >= 0.3 is 5.92 Å². The van der Waals surface area contributed by atoms with E-state index >= 15 is 0 Å². The van der Waals surface area contributed by atoms with Crippen molar-refractivity contribution in [1.29, 1.82) is 0 Å². The van der Waals surface area contributed by atoms with Gasteiger partial charge in [0.1, 0.15) is 5.82 Å². The molecule has 2 aliphatic heterocycles. The Morgan fingerprint density at radius 3 is 2.90 bits per heavy atom. The maximum Gasteiger partial charge on any atom is 0.303 e. The summed E-state index contributed by atoms with van der Waals surface area (Å²) in [5.41, 5.74) is 0.614. The Labute approximate surface area is 176 Å². The first-order chi connectivity index (χ1) is 14.8. The number of halogens is 2. The van der Waals surface area contributed by atoms with Crippen molar-refractivity contribution in [3.8, 4) is 5.82 Å². The first kappa shape index (κ1) is 19.7. The Hall–Kier alpha value is -3.21. The molecule has 0 aromatic carbocycles. The van der Waals surface area contributed by atoms with Gasteiger partial charge in [-0.05, 0) is 18.9 Å². The van der Waals surface area contributed by atoms with Crippen molar-refractivity contribution < 1.29 is 13.6 Å². The lowest BCUT2D eigenvalue weighted by molar-refractivity contribution is -0.114. The van der Waals surface area contributed by atoms with E-state index in [0.29, 0.717) is 23.3 Å². The zero-order valence-corrected chi connectivity index (χ0v) is 17.1. The molecule has 5 heterocycles. The maximum absolute atomic E-state index is 13.8. The molecule has 2 unspecified atom stereocenters. The second-order valence-electron chi connectivity index (χ2n) is 8.14. The quantitative estimate of drug-likeness (QED) is 0.656. The van der Waals surface area contributed by atoms with Crippen LogP contribution in [0.15, 0.2) is 24.5 Å². The van der Waals surface area contributed by atoms with E-state index in [4.69, 9.17) is 5.10 Å². The minimum atomic E-state index is -3.18. The van der Waals surface area contributed by atoms with Crippen molar-refractivity contribution in [2.45, 2.75) is 32.2 Å². The molecule has 5 rings (SSSR count). The molecule has 11 heteroatoms. The van der Waals surface area contributed by atoms with Crippen LogP contribution in [0.5, 0.6) is 0 Å². The number of alkyl halides is 2. The van der Waals surface area contributed by atoms with Crippen LogP contribution in [0, 0.1) is 5.92 Å². The fraction of sp³-hybridized carbons (Fsp3) is 0.450. The normalized spacial score (nSPS) is 21.0. The number of anilines is 2. The number of hydrogen-bond donors (Lipinski definition) is 2. The van der Waals surface area contributed by atoms with Gasteiger partial charge in [-0.2, -0.15) is 8.78 Å². The third kappa shape index (κ3) is 3.58. The van der Waals surface area contributed by atoms with Gasteiger partial charge in [0.25, 0.3) is 0 Å². The van der Waals surface area contributed by atoms with E-state index in [1.165, 1.54) is 23.9 Å². The Bertz CT molecular complexity index is 1150. The SMILES string of the molecule is CC(=O)Nc1cc2c(cn1)c(N1CC3CCNC3C1)nn2-c1ccnc(C(C)(F)F)n1. The van der Waals surface area contributed by atoms with E-state index in [1.807, 2.05) is 0 Å². The number of pyridine rings is 1. The second kappa shape index (κ2) is 7.19. The molecule has 2 aliphatic rings. The van der Waals surface area contributed by atoms with Gasteiger partial charge in [0.15, 0.2) is 11.6 Å². The fourth-order valence-electron chi connectivity index (χ4n) is 4.35. The van der Waals surface area contributed by atoms with E-state index in [2.05, 4.69) is 30.5 Å². The molecule has 31 heavy (non-hydrogen) atoms. The average Bonchev–Trinajstić information content (AvgIpc) is 3.39. The number of carbonyl (C=O) groups excluding carboxylic acids is 1. The number of fused-ring (bicyclic) bond motifs is 2. The zero-order valence-electron chi connectivity index (χ0n) is 17.1. The van der Waals surface area contributed by atoms with Gasteiger partial charge in [0, 0.05) is 57.5 Å². The van der Waals surface area contributed by atoms with Crippen molar-refractivity contribution in [2.75, 3.05) is 29.9 Å². The molecule has 3 aromatic rings. The van der Waals surface area contributed by atoms with E-state index in [9.17, 15) is 13.6 Å². The van der Waals surface area contributed by atoms with Crippen LogP contribution < -0.4 is 15.5 Å². The highest BCUT2D eigenvalue weighted by atomic mass is 19.3. The highest BCUT2D eigenvalue weighted by molar-refractivity contribution is 5.95. The highest BCUT2D eigenvalue weighted by Crippen LogP contribution is 2.34. The predicted molar refractivity (Wildman–Crippen MR) is 110 cm³/mol. The lowest BCUT2D eigenvalue weighted by Gasteiger charge is -2.16.